The summed E-state index contributed by atoms with van der Waals surface area (Å²) in [6.07, 6.45) is 4.03. The fourth-order valence-corrected chi connectivity index (χ4v) is 3.87. The van der Waals surface area contributed by atoms with E-state index in [1.807, 2.05) is 18.3 Å². The average molecular weight is 362 g/mol. The van der Waals surface area contributed by atoms with Gasteiger partial charge in [-0.15, -0.1) is 0 Å². The van der Waals surface area contributed by atoms with E-state index >= 15 is 0 Å². The Bertz CT molecular complexity index is 1320. The van der Waals surface area contributed by atoms with E-state index in [1.165, 1.54) is 16.3 Å². The molecular weight excluding hydrogens is 342 g/mol. The quantitative estimate of drug-likeness (QED) is 0.317. The first-order chi connectivity index (χ1) is 13.7. The number of nitrogens with zero attached hydrogens (tertiary/aromatic N) is 3. The van der Waals surface area contributed by atoms with Crippen molar-refractivity contribution >= 4 is 21.7 Å². The standard InChI is InChI=1S/C25H20N3/c1-17-9-3-4-10-18(17)25-27-24-15-21(23-13-7-8-14-26-23)19-11-5-6-12-20(19)22(24)16-28(25)2/h3-16H,1-2H3/q+1. The maximum atomic E-state index is 5.08. The summed E-state index contributed by atoms with van der Waals surface area (Å²) in [5.74, 6) is 0.966. The first kappa shape index (κ1) is 16.6. The molecule has 5 rings (SSSR count). The van der Waals surface area contributed by atoms with Crippen LogP contribution in [0.5, 0.6) is 0 Å². The number of rotatable bonds is 2. The summed E-state index contributed by atoms with van der Waals surface area (Å²) < 4.78 is 2.12. The van der Waals surface area contributed by atoms with Gasteiger partial charge in [-0.25, -0.2) is 4.57 Å². The number of benzene rings is 3. The second-order valence-corrected chi connectivity index (χ2v) is 7.11. The lowest BCUT2D eigenvalue weighted by atomic mass is 9.98. The summed E-state index contributed by atoms with van der Waals surface area (Å²) in [5.41, 5.74) is 5.43. The molecule has 0 saturated heterocycles. The topological polar surface area (TPSA) is 29.7 Å². The van der Waals surface area contributed by atoms with Crippen LogP contribution in [-0.2, 0) is 7.05 Å². The molecule has 0 saturated carbocycles. The molecule has 0 aliphatic heterocycles. The normalized spacial score (nSPS) is 11.2. The smallest absolute Gasteiger partial charge is 0.256 e. The Balaban J connectivity index is 1.87. The highest BCUT2D eigenvalue weighted by molar-refractivity contribution is 6.12. The van der Waals surface area contributed by atoms with Crippen LogP contribution >= 0.6 is 0 Å². The van der Waals surface area contributed by atoms with Crippen molar-refractivity contribution in [3.63, 3.8) is 0 Å². The molecule has 0 unspecified atom stereocenters. The number of fused-ring (bicyclic) bond motifs is 3. The zero-order valence-electron chi connectivity index (χ0n) is 15.9. The molecule has 0 radical (unpaired) electrons. The number of hydrogen-bond acceptors (Lipinski definition) is 2. The molecule has 3 aromatic carbocycles. The van der Waals surface area contributed by atoms with Crippen LogP contribution in [0.15, 0.2) is 85.2 Å². The Morgan fingerprint density at radius 1 is 0.750 bits per heavy atom. The third-order valence-corrected chi connectivity index (χ3v) is 5.27. The molecule has 0 atom stereocenters. The van der Waals surface area contributed by atoms with Gasteiger partial charge in [-0.1, -0.05) is 48.5 Å². The van der Waals surface area contributed by atoms with Gasteiger partial charge in [0.25, 0.3) is 0 Å². The van der Waals surface area contributed by atoms with Crippen molar-refractivity contribution in [3.8, 4) is 22.6 Å². The van der Waals surface area contributed by atoms with E-state index in [4.69, 9.17) is 4.98 Å². The van der Waals surface area contributed by atoms with Crippen LogP contribution in [0, 0.1) is 6.92 Å². The number of aromatic nitrogens is 3. The van der Waals surface area contributed by atoms with Crippen molar-refractivity contribution < 1.29 is 4.57 Å². The Morgan fingerprint density at radius 3 is 2.29 bits per heavy atom. The lowest BCUT2D eigenvalue weighted by Gasteiger charge is -2.09. The van der Waals surface area contributed by atoms with Crippen molar-refractivity contribution in [1.29, 1.82) is 0 Å². The van der Waals surface area contributed by atoms with Gasteiger partial charge >= 0.3 is 5.82 Å². The summed E-state index contributed by atoms with van der Waals surface area (Å²) in [6, 6.07) is 25.1. The van der Waals surface area contributed by atoms with Gasteiger partial charge in [0.05, 0.1) is 23.7 Å². The first-order valence-corrected chi connectivity index (χ1v) is 9.42. The lowest BCUT2D eigenvalue weighted by Crippen LogP contribution is -2.32. The van der Waals surface area contributed by atoms with Crippen molar-refractivity contribution in [1.82, 2.24) is 9.97 Å². The number of pyridine rings is 1. The minimum Gasteiger partial charge on any atom is -0.256 e. The van der Waals surface area contributed by atoms with Crippen LogP contribution in [0.2, 0.25) is 0 Å². The van der Waals surface area contributed by atoms with E-state index in [0.29, 0.717) is 0 Å². The number of aryl methyl sites for hydroxylation is 2. The highest BCUT2D eigenvalue weighted by Gasteiger charge is 2.20. The maximum absolute atomic E-state index is 5.08. The Hall–Kier alpha value is -3.59. The van der Waals surface area contributed by atoms with Crippen LogP contribution < -0.4 is 4.57 Å². The SMILES string of the molecule is Cc1ccccc1-c1nc2cc(-c3ccccn3)c3ccccc3c2c[n+]1C. The molecule has 0 N–H and O–H groups in total. The summed E-state index contributed by atoms with van der Waals surface area (Å²) in [5, 5.41) is 3.54. The molecule has 0 spiro atoms. The minimum absolute atomic E-state index is 0.966. The highest BCUT2D eigenvalue weighted by atomic mass is 15.0. The first-order valence-electron chi connectivity index (χ1n) is 9.42. The fraction of sp³-hybridized carbons (Fsp3) is 0.0800. The lowest BCUT2D eigenvalue weighted by molar-refractivity contribution is -0.661. The van der Waals surface area contributed by atoms with Gasteiger partial charge in [0.1, 0.15) is 6.20 Å². The molecular formula is C25H20N3+. The largest absolute Gasteiger partial charge is 0.331 e. The Morgan fingerprint density at radius 2 is 1.50 bits per heavy atom. The molecule has 0 aliphatic rings. The van der Waals surface area contributed by atoms with Crippen molar-refractivity contribution in [2.45, 2.75) is 6.92 Å². The van der Waals surface area contributed by atoms with E-state index < -0.39 is 0 Å². The molecule has 28 heavy (non-hydrogen) atoms. The van der Waals surface area contributed by atoms with Crippen molar-refractivity contribution in [2.24, 2.45) is 7.05 Å². The van der Waals surface area contributed by atoms with E-state index in [2.05, 4.69) is 90.4 Å². The van der Waals surface area contributed by atoms with E-state index in [-0.39, 0.29) is 0 Å². The molecule has 0 bridgehead atoms. The second kappa shape index (κ2) is 6.54. The highest BCUT2D eigenvalue weighted by Crippen LogP contribution is 2.33. The van der Waals surface area contributed by atoms with E-state index in [1.54, 1.807) is 0 Å². The molecule has 5 aromatic rings. The zero-order chi connectivity index (χ0) is 19.1. The summed E-state index contributed by atoms with van der Waals surface area (Å²) in [6.45, 7) is 2.13. The van der Waals surface area contributed by atoms with Gasteiger partial charge in [-0.2, -0.15) is 0 Å². The Labute approximate surface area is 164 Å². The molecule has 0 fully saturated rings. The summed E-state index contributed by atoms with van der Waals surface area (Å²) in [7, 11) is 2.07. The number of hydrogen-bond donors (Lipinski definition) is 0. The average Bonchev–Trinajstić information content (AvgIpc) is 2.74. The van der Waals surface area contributed by atoms with Crippen molar-refractivity contribution in [2.75, 3.05) is 0 Å². The maximum Gasteiger partial charge on any atom is 0.331 e. The van der Waals surface area contributed by atoms with Gasteiger partial charge in [0.15, 0.2) is 5.52 Å². The molecule has 3 heteroatoms. The van der Waals surface area contributed by atoms with Gasteiger partial charge < -0.3 is 0 Å². The molecule has 2 heterocycles. The summed E-state index contributed by atoms with van der Waals surface area (Å²) in [4.78, 5) is 9.66. The summed E-state index contributed by atoms with van der Waals surface area (Å²) >= 11 is 0. The van der Waals surface area contributed by atoms with Crippen molar-refractivity contribution in [3.05, 3.63) is 90.8 Å². The predicted molar refractivity (Wildman–Crippen MR) is 114 cm³/mol. The fourth-order valence-electron chi connectivity index (χ4n) is 3.87. The van der Waals surface area contributed by atoms with Crippen LogP contribution in [0.4, 0.5) is 0 Å². The second-order valence-electron chi connectivity index (χ2n) is 7.11. The molecule has 3 nitrogen and oxygen atoms in total. The zero-order valence-corrected chi connectivity index (χ0v) is 15.9. The molecule has 0 amide bonds. The minimum atomic E-state index is 0.966. The molecule has 0 aliphatic carbocycles. The third-order valence-electron chi connectivity index (χ3n) is 5.27. The Kier molecular flexibility index (Phi) is 3.87. The van der Waals surface area contributed by atoms with Gasteiger partial charge in [-0.05, 0) is 46.4 Å². The van der Waals surface area contributed by atoms with Crippen LogP contribution in [-0.4, -0.2) is 9.97 Å². The monoisotopic (exact) mass is 362 g/mol. The van der Waals surface area contributed by atoms with E-state index in [0.717, 1.165) is 33.5 Å². The molecule has 134 valence electrons. The van der Waals surface area contributed by atoms with Gasteiger partial charge in [-0.3, -0.25) is 4.98 Å². The third kappa shape index (κ3) is 2.64. The van der Waals surface area contributed by atoms with Crippen LogP contribution in [0.3, 0.4) is 0 Å². The van der Waals surface area contributed by atoms with Gasteiger partial charge in [0, 0.05) is 17.8 Å². The van der Waals surface area contributed by atoms with Crippen LogP contribution in [0.25, 0.3) is 44.3 Å². The van der Waals surface area contributed by atoms with Gasteiger partial charge in [0.2, 0.25) is 0 Å². The van der Waals surface area contributed by atoms with E-state index in [9.17, 15) is 0 Å². The van der Waals surface area contributed by atoms with Crippen LogP contribution in [0.1, 0.15) is 5.56 Å². The molecule has 2 aromatic heterocycles. The predicted octanol–water partition coefficient (Wildman–Crippen LogP) is 5.25.